The number of amides is 11. The van der Waals surface area contributed by atoms with Crippen molar-refractivity contribution >= 4 is 92.7 Å². The van der Waals surface area contributed by atoms with Gasteiger partial charge in [-0.1, -0.05) is 32.4 Å². The fourth-order valence-corrected chi connectivity index (χ4v) is 13.2. The predicted molar refractivity (Wildman–Crippen MR) is 391 cm³/mol. The van der Waals surface area contributed by atoms with Gasteiger partial charge in [-0.25, -0.2) is 9.48 Å². The standard InChI is InChI=1S/C67H108N16O24S2/c1-4-41(2)59(78-55(91)32-68)64(97)73-34-56(92)75-50-40-109(100)66-47(29-43(37-84)74-65(98)60(42(3)52(88)38-85)77-54(90)30-45(86)33-72-62(95)49(31-53(69)89)76-63(50)96)46-7-8-51(87)48(61(46)79-66)39-108-28-6-5-11-70-67(99)71-12-14-101-16-18-103-20-22-105-24-26-107-27-25-106-23-21-104-19-17-102-15-13-82-35-44(80-81-82)36-83-57(93)9-10-58(83)94/h7-10,35,41-43,45,49-50,52,55,59-60,78-79,84-88,91H,4-6,11-34,36-40,68H2,1-3H3,(H2,69,89)(H,72,95)(H,73,97)(H,74,98)(H,75,92)(H,76,96)(H,77,90)(H2,70,71,99)/t41-,42-,43-,45+,49-,50-,52-,55?,59-,60-,109?/m0/s1. The minimum absolute atomic E-state index is 0.0563. The first-order chi connectivity index (χ1) is 52.4. The molecule has 0 radical (unpaired) electrons. The summed E-state index contributed by atoms with van der Waals surface area (Å²) in [5.41, 5.74) is 12.3. The van der Waals surface area contributed by atoms with Crippen molar-refractivity contribution in [3.05, 3.63) is 47.3 Å². The SMILES string of the molecule is CC[C@H](C)[C@H](NC(O)CN)C(=O)NCC(=O)N[C@H]1CS(=O)c2[nH]c3c(CSCCCCNC(=O)NCCOCCOCCOCCOCCOCCOCCOCCn4cc(CN5C(=O)C=CC5=O)nn4)c(O)ccc3c2C[C@@H](CO)NC(=O)[C@H]([C@@H](C)[C@@H](O)CO)NC(=O)C[C@@H](O)CNC(=O)[C@H](CC(N)=O)NC1=O. The number of phenols is 1. The Hall–Kier alpha value is -7.92. The monoisotopic (exact) mass is 1580 g/mol. The number of ether oxygens (including phenoxy) is 7. The Balaban J connectivity index is 1.07. The highest BCUT2D eigenvalue weighted by atomic mass is 32.2. The van der Waals surface area contributed by atoms with E-state index in [0.29, 0.717) is 141 Å². The number of aliphatic hydroxyl groups excluding tert-OH is 5. The zero-order valence-corrected chi connectivity index (χ0v) is 63.2. The summed E-state index contributed by atoms with van der Waals surface area (Å²) in [4.78, 5) is 135. The van der Waals surface area contributed by atoms with Crippen molar-refractivity contribution in [2.45, 2.75) is 132 Å². The van der Waals surface area contributed by atoms with Crippen LogP contribution >= 0.6 is 11.8 Å². The molecule has 612 valence electrons. The Morgan fingerprint density at radius 3 is 1.99 bits per heavy atom. The van der Waals surface area contributed by atoms with Gasteiger partial charge >= 0.3 is 6.03 Å². The molecule has 3 aromatic rings. The van der Waals surface area contributed by atoms with Gasteiger partial charge in [0.1, 0.15) is 40.8 Å². The normalized spacial score (nSPS) is 19.8. The molecule has 0 spiro atoms. The van der Waals surface area contributed by atoms with E-state index in [9.17, 15) is 78.6 Å². The van der Waals surface area contributed by atoms with Gasteiger partial charge in [-0.15, -0.1) is 5.10 Å². The molecule has 20 N–H and O–H groups in total. The maximum absolute atomic E-state index is 15.1. The minimum Gasteiger partial charge on any atom is -0.508 e. The Labute approximate surface area is 636 Å². The van der Waals surface area contributed by atoms with Crippen LogP contribution in [0.5, 0.6) is 5.75 Å². The van der Waals surface area contributed by atoms with Crippen molar-refractivity contribution in [3.8, 4) is 5.75 Å². The number of aromatic hydroxyl groups is 1. The van der Waals surface area contributed by atoms with Gasteiger partial charge < -0.3 is 123 Å². The van der Waals surface area contributed by atoms with Gasteiger partial charge in [0.25, 0.3) is 11.8 Å². The number of nitrogens with zero attached hydrogens (tertiary/aromatic N) is 4. The van der Waals surface area contributed by atoms with Crippen LogP contribution in [0.3, 0.4) is 0 Å². The smallest absolute Gasteiger partial charge is 0.314 e. The van der Waals surface area contributed by atoms with E-state index in [1.165, 1.54) is 43.0 Å². The third-order valence-corrected chi connectivity index (χ3v) is 19.5. The average molecular weight is 1590 g/mol. The number of aliphatic hydroxyl groups is 5. The van der Waals surface area contributed by atoms with E-state index in [1.54, 1.807) is 24.7 Å². The highest BCUT2D eigenvalue weighted by Crippen LogP contribution is 2.36. The molecule has 2 aliphatic rings. The second kappa shape index (κ2) is 50.8. The van der Waals surface area contributed by atoms with Crippen LogP contribution < -0.4 is 59.3 Å². The first-order valence-electron chi connectivity index (χ1n) is 35.9. The lowest BCUT2D eigenvalue weighted by atomic mass is 9.94. The zero-order chi connectivity index (χ0) is 79.6. The van der Waals surface area contributed by atoms with Crippen molar-refractivity contribution in [1.82, 2.24) is 72.7 Å². The molecule has 0 saturated carbocycles. The van der Waals surface area contributed by atoms with Crippen molar-refractivity contribution in [2.24, 2.45) is 23.3 Å². The number of β-amino-alcohol motifs (C(OH)–C–C–N with tert-alkyl or cyclic N) is 1. The second-order valence-electron chi connectivity index (χ2n) is 25.4. The number of hydrogen-bond acceptors (Lipinski definition) is 29. The Morgan fingerprint density at radius 2 is 1.39 bits per heavy atom. The molecule has 109 heavy (non-hydrogen) atoms. The number of aromatic amines is 1. The van der Waals surface area contributed by atoms with E-state index in [2.05, 4.69) is 63.1 Å². The minimum atomic E-state index is -2.44. The highest BCUT2D eigenvalue weighted by Gasteiger charge is 2.37. The largest absolute Gasteiger partial charge is 0.508 e. The fraction of sp³-hybridized carbons (Fsp3) is 0.672. The molecule has 0 aliphatic carbocycles. The quantitative estimate of drug-likeness (QED) is 0.0142. The van der Waals surface area contributed by atoms with Gasteiger partial charge in [-0.05, 0) is 48.6 Å². The molecular formula is C67H108N16O24S2. The number of aromatic nitrogens is 4. The van der Waals surface area contributed by atoms with Crippen LogP contribution in [0.15, 0.2) is 35.5 Å². The van der Waals surface area contributed by atoms with Crippen LogP contribution in [-0.2, 0) is 112 Å². The summed E-state index contributed by atoms with van der Waals surface area (Å²) in [6, 6.07) is -5.10. The number of carbonyl (C=O) groups excluding carboxylic acids is 10. The third kappa shape index (κ3) is 33.3. The molecule has 0 fully saturated rings. The molecule has 42 heteroatoms. The zero-order valence-electron chi connectivity index (χ0n) is 61.6. The number of nitrogens with two attached hydrogens (primary N) is 2. The van der Waals surface area contributed by atoms with Crippen molar-refractivity contribution < 1.29 is 116 Å². The number of hydrogen-bond donors (Lipinski definition) is 18. The number of thioether (sulfide) groups is 1. The summed E-state index contributed by atoms with van der Waals surface area (Å²) in [7, 11) is -2.44. The summed E-state index contributed by atoms with van der Waals surface area (Å²) in [5, 5.41) is 94.9. The lowest BCUT2D eigenvalue weighted by Gasteiger charge is -2.29. The summed E-state index contributed by atoms with van der Waals surface area (Å²) in [5.74, 6) is -9.67. The predicted octanol–water partition coefficient (Wildman–Crippen LogP) is -6.26. The van der Waals surface area contributed by atoms with Crippen molar-refractivity contribution in [3.63, 3.8) is 0 Å². The molecule has 40 nitrogen and oxygen atoms in total. The van der Waals surface area contributed by atoms with Crippen LogP contribution in [0.1, 0.15) is 69.7 Å². The van der Waals surface area contributed by atoms with E-state index in [1.807, 2.05) is 0 Å². The molecule has 0 bridgehead atoms. The van der Waals surface area contributed by atoms with E-state index in [0.717, 1.165) is 4.90 Å². The fourth-order valence-electron chi connectivity index (χ4n) is 10.8. The Bertz CT molecular complexity index is 3410. The summed E-state index contributed by atoms with van der Waals surface area (Å²) >= 11 is 1.41. The molecule has 2 aromatic heterocycles. The molecule has 11 amide bonds. The van der Waals surface area contributed by atoms with Crippen LogP contribution in [0.4, 0.5) is 4.79 Å². The number of benzene rings is 1. The van der Waals surface area contributed by atoms with E-state index in [-0.39, 0.29) is 78.0 Å². The molecule has 11 atom stereocenters. The number of rotatable bonds is 48. The number of phenolic OH excluding ortho intramolecular Hbond substituents is 1. The summed E-state index contributed by atoms with van der Waals surface area (Å²) in [6.45, 7) is 7.62. The molecular weight excluding hydrogens is 1480 g/mol. The maximum atomic E-state index is 15.1. The van der Waals surface area contributed by atoms with E-state index >= 15 is 4.21 Å². The highest BCUT2D eigenvalue weighted by molar-refractivity contribution is 7.98. The number of imide groups is 1. The molecule has 2 unspecified atom stereocenters. The first kappa shape index (κ1) is 91.7. The van der Waals surface area contributed by atoms with E-state index < -0.39 is 158 Å². The Kier molecular flexibility index (Phi) is 42.7. The maximum Gasteiger partial charge on any atom is 0.314 e. The first-order valence-corrected chi connectivity index (χ1v) is 38.4. The second-order valence-corrected chi connectivity index (χ2v) is 28.0. The molecule has 5 rings (SSSR count). The number of urea groups is 1. The topological polar surface area (TPSA) is 584 Å². The van der Waals surface area contributed by atoms with Crippen LogP contribution in [-0.4, -0.2) is 318 Å². The molecule has 4 heterocycles. The lowest BCUT2D eigenvalue weighted by Crippen LogP contribution is -2.58. The summed E-state index contributed by atoms with van der Waals surface area (Å²) < 4.78 is 55.4. The van der Waals surface area contributed by atoms with Crippen molar-refractivity contribution in [1.29, 1.82) is 0 Å². The number of H-pyrrole nitrogens is 1. The van der Waals surface area contributed by atoms with Crippen LogP contribution in [0.25, 0.3) is 10.9 Å². The van der Waals surface area contributed by atoms with Gasteiger partial charge in [-0.3, -0.25) is 57.6 Å². The summed E-state index contributed by atoms with van der Waals surface area (Å²) in [6.07, 6.45) is -0.723. The van der Waals surface area contributed by atoms with Crippen LogP contribution in [0.2, 0.25) is 0 Å². The Morgan fingerprint density at radius 1 is 0.780 bits per heavy atom. The number of unbranched alkanes of at least 4 members (excludes halogenated alkanes) is 1. The number of nitrogens with one attached hydrogen (secondary N) is 10. The molecule has 2 aliphatic heterocycles. The van der Waals surface area contributed by atoms with Gasteiger partial charge in [0.2, 0.25) is 41.4 Å². The average Bonchev–Trinajstić information content (AvgIpc) is 1.62. The van der Waals surface area contributed by atoms with Gasteiger partial charge in [-0.2, -0.15) is 11.8 Å². The van der Waals surface area contributed by atoms with Gasteiger partial charge in [0, 0.05) is 61.0 Å². The van der Waals surface area contributed by atoms with Gasteiger partial charge in [0.15, 0.2) is 0 Å². The lowest BCUT2D eigenvalue weighted by molar-refractivity contribution is -0.137. The molecule has 1 aromatic carbocycles. The van der Waals surface area contributed by atoms with Gasteiger partial charge in [0.05, 0.1) is 191 Å². The number of carbonyl (C=O) groups is 10. The van der Waals surface area contributed by atoms with Crippen LogP contribution in [0, 0.1) is 11.8 Å². The third-order valence-electron chi connectivity index (χ3n) is 17.0. The number of fused-ring (bicyclic) bond motifs is 3. The van der Waals surface area contributed by atoms with E-state index in [4.69, 9.17) is 44.6 Å². The number of primary amides is 1. The molecule has 0 saturated heterocycles. The van der Waals surface area contributed by atoms with Crippen molar-refractivity contribution in [2.75, 3.05) is 150 Å².